The minimum atomic E-state index is 0.0758. The third kappa shape index (κ3) is 5.13. The molecule has 1 aliphatic carbocycles. The monoisotopic (exact) mass is 381 g/mol. The molecule has 5 nitrogen and oxygen atoms in total. The van der Waals surface area contributed by atoms with E-state index in [1.54, 1.807) is 24.4 Å². The summed E-state index contributed by atoms with van der Waals surface area (Å²) < 4.78 is 7.67. The molecule has 3 rings (SSSR count). The standard InChI is InChI=1S/C18H21Cl2N3O2/c19-15-3-1-4-16(18(15)20)25-8-2-5-17(24)22-14-9-13(10-14)11-23-7-6-21-12-23/h1,3-4,6-7,12-14H,2,5,8-11H2,(H,22,24). The maximum absolute atomic E-state index is 12.0. The molecule has 25 heavy (non-hydrogen) atoms. The van der Waals surface area contributed by atoms with Crippen molar-refractivity contribution in [3.63, 3.8) is 0 Å². The number of ether oxygens (including phenoxy) is 1. The summed E-state index contributed by atoms with van der Waals surface area (Å²) in [5.74, 6) is 1.25. The lowest BCUT2D eigenvalue weighted by Crippen LogP contribution is -2.45. The van der Waals surface area contributed by atoms with E-state index >= 15 is 0 Å². The average Bonchev–Trinajstić information content (AvgIpc) is 3.06. The number of benzene rings is 1. The third-order valence-corrected chi connectivity index (χ3v) is 5.15. The van der Waals surface area contributed by atoms with Crippen LogP contribution in [0.3, 0.4) is 0 Å². The van der Waals surface area contributed by atoms with Crippen LogP contribution in [-0.4, -0.2) is 28.1 Å². The molecule has 1 amide bonds. The van der Waals surface area contributed by atoms with E-state index in [2.05, 4.69) is 14.9 Å². The van der Waals surface area contributed by atoms with Gasteiger partial charge in [-0.25, -0.2) is 4.98 Å². The lowest BCUT2D eigenvalue weighted by molar-refractivity contribution is -0.122. The van der Waals surface area contributed by atoms with E-state index in [9.17, 15) is 4.79 Å². The van der Waals surface area contributed by atoms with E-state index in [0.717, 1.165) is 19.4 Å². The van der Waals surface area contributed by atoms with Gasteiger partial charge in [0.25, 0.3) is 0 Å². The Labute approximate surface area is 157 Å². The molecule has 0 radical (unpaired) electrons. The highest BCUT2D eigenvalue weighted by Gasteiger charge is 2.30. The number of nitrogens with one attached hydrogen (secondary N) is 1. The van der Waals surface area contributed by atoms with Crippen molar-refractivity contribution in [2.45, 2.75) is 38.3 Å². The fourth-order valence-corrected chi connectivity index (χ4v) is 3.35. The van der Waals surface area contributed by atoms with Crippen molar-refractivity contribution in [2.24, 2.45) is 5.92 Å². The van der Waals surface area contributed by atoms with Gasteiger partial charge in [-0.1, -0.05) is 29.3 Å². The number of amides is 1. The number of aromatic nitrogens is 2. The first-order chi connectivity index (χ1) is 12.1. The van der Waals surface area contributed by atoms with Crippen LogP contribution in [0.5, 0.6) is 5.75 Å². The van der Waals surface area contributed by atoms with Crippen molar-refractivity contribution in [1.29, 1.82) is 0 Å². The molecule has 0 bridgehead atoms. The molecule has 0 atom stereocenters. The molecule has 134 valence electrons. The van der Waals surface area contributed by atoms with Crippen molar-refractivity contribution in [3.05, 3.63) is 47.0 Å². The second kappa shape index (κ2) is 8.59. The number of rotatable bonds is 8. The molecule has 0 unspecified atom stereocenters. The first-order valence-electron chi connectivity index (χ1n) is 8.43. The van der Waals surface area contributed by atoms with Crippen molar-refractivity contribution < 1.29 is 9.53 Å². The molecule has 0 saturated heterocycles. The predicted octanol–water partition coefficient (Wildman–Crippen LogP) is 3.94. The Balaban J connectivity index is 1.28. The van der Waals surface area contributed by atoms with Gasteiger partial charge in [0.15, 0.2) is 0 Å². The van der Waals surface area contributed by atoms with Gasteiger partial charge in [0, 0.05) is 31.4 Å². The van der Waals surface area contributed by atoms with Gasteiger partial charge >= 0.3 is 0 Å². The summed E-state index contributed by atoms with van der Waals surface area (Å²) >= 11 is 12.0. The minimum Gasteiger partial charge on any atom is -0.492 e. The van der Waals surface area contributed by atoms with Crippen LogP contribution < -0.4 is 10.1 Å². The fourth-order valence-electron chi connectivity index (χ4n) is 3.01. The molecule has 2 aromatic rings. The van der Waals surface area contributed by atoms with Gasteiger partial charge in [0.2, 0.25) is 5.91 Å². The number of carbonyl (C=O) groups is 1. The van der Waals surface area contributed by atoms with Crippen molar-refractivity contribution in [3.8, 4) is 5.75 Å². The van der Waals surface area contributed by atoms with E-state index in [-0.39, 0.29) is 5.91 Å². The summed E-state index contributed by atoms with van der Waals surface area (Å²) in [6, 6.07) is 5.56. The van der Waals surface area contributed by atoms with Gasteiger partial charge in [-0.2, -0.15) is 0 Å². The van der Waals surface area contributed by atoms with Crippen LogP contribution in [0.1, 0.15) is 25.7 Å². The number of nitrogens with zero attached hydrogens (tertiary/aromatic N) is 2. The van der Waals surface area contributed by atoms with Crippen molar-refractivity contribution >= 4 is 29.1 Å². The zero-order valence-corrected chi connectivity index (χ0v) is 15.3. The van der Waals surface area contributed by atoms with E-state index in [0.29, 0.717) is 47.2 Å². The quantitative estimate of drug-likeness (QED) is 0.704. The Morgan fingerprint density at radius 1 is 1.36 bits per heavy atom. The molecular weight excluding hydrogens is 361 g/mol. The van der Waals surface area contributed by atoms with E-state index < -0.39 is 0 Å². The van der Waals surface area contributed by atoms with E-state index in [4.69, 9.17) is 27.9 Å². The summed E-state index contributed by atoms with van der Waals surface area (Å²) in [6.07, 6.45) is 8.73. The Morgan fingerprint density at radius 2 is 2.20 bits per heavy atom. The van der Waals surface area contributed by atoms with Crippen LogP contribution in [0, 0.1) is 5.92 Å². The van der Waals surface area contributed by atoms with E-state index in [1.807, 2.05) is 12.5 Å². The molecule has 0 aliphatic heterocycles. The first-order valence-corrected chi connectivity index (χ1v) is 9.19. The first kappa shape index (κ1) is 18.1. The van der Waals surface area contributed by atoms with E-state index in [1.165, 1.54) is 0 Å². The number of hydrogen-bond donors (Lipinski definition) is 1. The summed E-state index contributed by atoms with van der Waals surface area (Å²) in [5, 5.41) is 3.95. The van der Waals surface area contributed by atoms with Crippen LogP contribution in [0.25, 0.3) is 0 Å². The maximum atomic E-state index is 12.0. The largest absolute Gasteiger partial charge is 0.492 e. The number of hydrogen-bond acceptors (Lipinski definition) is 3. The summed E-state index contributed by atoms with van der Waals surface area (Å²) in [4.78, 5) is 16.0. The van der Waals surface area contributed by atoms with Crippen molar-refractivity contribution in [2.75, 3.05) is 6.61 Å². The van der Waals surface area contributed by atoms with Gasteiger partial charge in [-0.15, -0.1) is 0 Å². The summed E-state index contributed by atoms with van der Waals surface area (Å²) in [6.45, 7) is 1.40. The summed E-state index contributed by atoms with van der Waals surface area (Å²) in [7, 11) is 0. The molecule has 1 saturated carbocycles. The predicted molar refractivity (Wildman–Crippen MR) is 98.1 cm³/mol. The van der Waals surface area contributed by atoms with Gasteiger partial charge < -0.3 is 14.6 Å². The highest BCUT2D eigenvalue weighted by atomic mass is 35.5. The smallest absolute Gasteiger partial charge is 0.220 e. The molecular formula is C18H21Cl2N3O2. The molecule has 1 heterocycles. The Hall–Kier alpha value is -1.72. The Bertz CT molecular complexity index is 700. The lowest BCUT2D eigenvalue weighted by Gasteiger charge is -2.36. The SMILES string of the molecule is O=C(CCCOc1cccc(Cl)c1Cl)NC1CC(Cn2ccnc2)C1. The molecule has 0 spiro atoms. The molecule has 1 aromatic carbocycles. The van der Waals surface area contributed by atoms with Gasteiger partial charge in [0.1, 0.15) is 10.8 Å². The average molecular weight is 382 g/mol. The summed E-state index contributed by atoms with van der Waals surface area (Å²) in [5.41, 5.74) is 0. The zero-order valence-electron chi connectivity index (χ0n) is 13.8. The van der Waals surface area contributed by atoms with Gasteiger partial charge in [0.05, 0.1) is 18.0 Å². The van der Waals surface area contributed by atoms with Gasteiger partial charge in [-0.3, -0.25) is 4.79 Å². The normalized spacial score (nSPS) is 19.3. The fraction of sp³-hybridized carbons (Fsp3) is 0.444. The topological polar surface area (TPSA) is 56.1 Å². The molecule has 7 heteroatoms. The second-order valence-corrected chi connectivity index (χ2v) is 7.15. The highest BCUT2D eigenvalue weighted by Crippen LogP contribution is 2.31. The third-order valence-electron chi connectivity index (χ3n) is 4.35. The maximum Gasteiger partial charge on any atom is 0.220 e. The van der Waals surface area contributed by atoms with Crippen LogP contribution >= 0.6 is 23.2 Å². The second-order valence-electron chi connectivity index (χ2n) is 6.37. The zero-order chi connectivity index (χ0) is 17.6. The number of carbonyl (C=O) groups excluding carboxylic acids is 1. The van der Waals surface area contributed by atoms with Gasteiger partial charge in [-0.05, 0) is 37.3 Å². The molecule has 1 N–H and O–H groups in total. The molecule has 1 fully saturated rings. The minimum absolute atomic E-state index is 0.0758. The number of imidazole rings is 1. The number of halogens is 2. The Kier molecular flexibility index (Phi) is 6.21. The van der Waals surface area contributed by atoms with Crippen LogP contribution in [0.15, 0.2) is 36.9 Å². The lowest BCUT2D eigenvalue weighted by atomic mass is 9.80. The molecule has 1 aliphatic rings. The van der Waals surface area contributed by atoms with Crippen LogP contribution in [0.2, 0.25) is 10.0 Å². The van der Waals surface area contributed by atoms with Crippen LogP contribution in [-0.2, 0) is 11.3 Å². The highest BCUT2D eigenvalue weighted by molar-refractivity contribution is 6.42. The Morgan fingerprint density at radius 3 is 2.96 bits per heavy atom. The van der Waals surface area contributed by atoms with Crippen molar-refractivity contribution in [1.82, 2.24) is 14.9 Å². The molecule has 1 aromatic heterocycles. The van der Waals surface area contributed by atoms with Crippen LogP contribution in [0.4, 0.5) is 0 Å².